The van der Waals surface area contributed by atoms with Crippen molar-refractivity contribution in [2.75, 3.05) is 0 Å². The van der Waals surface area contributed by atoms with Crippen LogP contribution < -0.4 is 5.56 Å². The van der Waals surface area contributed by atoms with Crippen molar-refractivity contribution >= 4 is 138 Å². The van der Waals surface area contributed by atoms with Gasteiger partial charge in [-0.3, -0.25) is 24.4 Å². The zero-order chi connectivity index (χ0) is 27.4. The molecule has 5 nitrogen and oxygen atoms in total. The van der Waals surface area contributed by atoms with Crippen molar-refractivity contribution in [2.45, 2.75) is 0 Å². The number of nitrogens with zero attached hydrogens (tertiary/aromatic N) is 2. The largest absolute Gasteiger partial charge is 0.284 e. The van der Waals surface area contributed by atoms with Gasteiger partial charge in [0.25, 0.3) is 5.56 Å². The SMILES string of the molecule is O=c1ccn(-c2ccccc2)[nH]1.S=PP(P=S)P=S=S=S=S=S=S=S=S.S=c1ccn(-c2ccccc2)[nH]1. The van der Waals surface area contributed by atoms with Crippen molar-refractivity contribution in [2.24, 2.45) is 0 Å². The second-order valence-corrected chi connectivity index (χ2v) is 32.3. The Hall–Kier alpha value is 0.410. The van der Waals surface area contributed by atoms with Gasteiger partial charge >= 0.3 is 0 Å². The lowest BCUT2D eigenvalue weighted by Crippen LogP contribution is -2.02. The van der Waals surface area contributed by atoms with E-state index in [9.17, 15) is 4.79 Å². The number of hydrogen-bond donors (Lipinski definition) is 2. The molecule has 0 aliphatic carbocycles. The number of H-pyrrole nitrogens is 2. The molecule has 0 aliphatic heterocycles. The Morgan fingerprint density at radius 3 is 1.71 bits per heavy atom. The Balaban J connectivity index is 0.000000200. The molecule has 4 rings (SSSR count). The molecule has 0 fully saturated rings. The van der Waals surface area contributed by atoms with Gasteiger partial charge in [-0.1, -0.05) is 72.2 Å². The first kappa shape index (κ1) is 34.6. The second-order valence-electron chi connectivity index (χ2n) is 5.99. The molecule has 2 N–H and O–H groups in total. The van der Waals surface area contributed by atoms with Gasteiger partial charge in [0.2, 0.25) is 0 Å². The highest BCUT2D eigenvalue weighted by Gasteiger charge is 1.94. The summed E-state index contributed by atoms with van der Waals surface area (Å²) in [5.41, 5.74) is 1.96. The Morgan fingerprint density at radius 1 is 0.711 bits per heavy atom. The summed E-state index contributed by atoms with van der Waals surface area (Å²) in [5, 5.41) is 5.68. The molecule has 38 heavy (non-hydrogen) atoms. The molecule has 2 aromatic carbocycles. The minimum absolute atomic E-state index is 0.0844. The summed E-state index contributed by atoms with van der Waals surface area (Å²) in [7, 11) is 15.2. The summed E-state index contributed by atoms with van der Waals surface area (Å²) in [6, 6.07) is 23.0. The standard InChI is InChI=1S/C9H8N2O.C9H8N2S.P4S10/c2*12-9-6-7-11(10-9)8-4-2-1-3-5-8;5-1-4(2-6)3-8-10-12-14-13-11-9-7/h2*1-7H,(H,10,12);. The lowest BCUT2D eigenvalue weighted by molar-refractivity contribution is 0.864. The Kier molecular flexibility index (Phi) is 20.1. The van der Waals surface area contributed by atoms with Crippen LogP contribution in [-0.4, -0.2) is 19.6 Å². The van der Waals surface area contributed by atoms with Crippen LogP contribution in [0.2, 0.25) is 0 Å². The summed E-state index contributed by atoms with van der Waals surface area (Å²) in [4.78, 5) is 10.8. The lowest BCUT2D eigenvalue weighted by atomic mass is 10.3. The molecule has 2 aromatic heterocycles. The summed E-state index contributed by atoms with van der Waals surface area (Å²) in [6.07, 6.45) is 3.62. The molecule has 0 radical (unpaired) electrons. The van der Waals surface area contributed by atoms with Gasteiger partial charge in [0.05, 0.1) is 18.4 Å². The second kappa shape index (κ2) is 22.1. The van der Waals surface area contributed by atoms with Crippen LogP contribution in [0.3, 0.4) is 0 Å². The number of rotatable bonds is 5. The highest BCUT2D eigenvalue weighted by Crippen LogP contribution is 2.69. The normalized spacial score (nSPS) is 10.6. The molecule has 0 atom stereocenters. The fourth-order valence-corrected chi connectivity index (χ4v) is 37.8. The van der Waals surface area contributed by atoms with Gasteiger partial charge in [0.1, 0.15) is 4.64 Å². The zero-order valence-corrected chi connectivity index (χ0v) is 31.2. The van der Waals surface area contributed by atoms with E-state index in [1.807, 2.05) is 87.1 Å². The molecule has 20 heteroatoms. The van der Waals surface area contributed by atoms with Crippen LogP contribution in [0, 0.1) is 4.64 Å². The predicted octanol–water partition coefficient (Wildman–Crippen LogP) is 7.12. The van der Waals surface area contributed by atoms with Gasteiger partial charge in [-0.2, -0.15) is 0 Å². The Bertz CT molecular complexity index is 1650. The molecule has 0 saturated heterocycles. The van der Waals surface area contributed by atoms with E-state index >= 15 is 0 Å². The Morgan fingerprint density at radius 2 is 1.24 bits per heavy atom. The highest BCUT2D eigenvalue weighted by atomic mass is 33.4. The molecule has 0 spiro atoms. The fourth-order valence-electron chi connectivity index (χ4n) is 2.30. The van der Waals surface area contributed by atoms with E-state index < -0.39 is 0 Å². The molecular weight excluding hydrogens is 765 g/mol. The minimum atomic E-state index is -0.151. The fraction of sp³-hybridized carbons (Fsp3) is 0. The molecule has 0 saturated carbocycles. The monoisotopic (exact) mass is 780 g/mol. The highest BCUT2D eigenvalue weighted by molar-refractivity contribution is 8.87. The quantitative estimate of drug-likeness (QED) is 0.167. The number of aromatic amines is 2. The molecule has 0 unspecified atom stereocenters. The van der Waals surface area contributed by atoms with Crippen LogP contribution >= 0.6 is 40.3 Å². The van der Waals surface area contributed by atoms with E-state index in [0.29, 0.717) is 0 Å². The van der Waals surface area contributed by atoms with Gasteiger partial charge in [-0.25, -0.2) is 0 Å². The van der Waals surface area contributed by atoms with E-state index in [-0.39, 0.29) is 12.5 Å². The summed E-state index contributed by atoms with van der Waals surface area (Å²) in [5.74, 6) is 0. The average molecular weight is 781 g/mol. The van der Waals surface area contributed by atoms with Gasteiger partial charge in [-0.05, 0) is 104 Å². The average Bonchev–Trinajstić information content (AvgIpc) is 3.60. The third-order valence-electron chi connectivity index (χ3n) is 3.70. The molecular formula is C18H16N4OP4S11. The zero-order valence-electron chi connectivity index (χ0n) is 18.7. The summed E-state index contributed by atoms with van der Waals surface area (Å²) >= 11 is 19.6. The third-order valence-corrected chi connectivity index (χ3v) is 37.7. The van der Waals surface area contributed by atoms with Gasteiger partial charge in [0.15, 0.2) is 0 Å². The van der Waals surface area contributed by atoms with E-state index in [4.69, 9.17) is 47.0 Å². The molecule has 4 aromatic rings. The molecule has 0 amide bonds. The minimum Gasteiger partial charge on any atom is -0.284 e. The molecule has 0 aliphatic rings. The van der Waals surface area contributed by atoms with Crippen molar-refractivity contribution in [3.8, 4) is 11.4 Å². The summed E-state index contributed by atoms with van der Waals surface area (Å²) < 4.78 is 4.32. The van der Waals surface area contributed by atoms with Gasteiger partial charge < -0.3 is 0 Å². The first-order chi connectivity index (χ1) is 18.6. The number of aromatic nitrogens is 4. The molecule has 0 bridgehead atoms. The number of nitrogens with one attached hydrogen (secondary N) is 2. The smallest absolute Gasteiger partial charge is 0.264 e. The van der Waals surface area contributed by atoms with Crippen molar-refractivity contribution in [1.82, 2.24) is 19.6 Å². The first-order valence-corrected chi connectivity index (χ1v) is 28.6. The van der Waals surface area contributed by atoms with Gasteiger partial charge in [-0.15, -0.1) is 0 Å². The third kappa shape index (κ3) is 14.9. The maximum atomic E-state index is 10.8. The number of benzene rings is 2. The summed E-state index contributed by atoms with van der Waals surface area (Å²) in [6.45, 7) is -0.151. The van der Waals surface area contributed by atoms with E-state index in [2.05, 4.69) is 10.2 Å². The van der Waals surface area contributed by atoms with Crippen LogP contribution in [-0.2, 0) is 97.6 Å². The van der Waals surface area contributed by atoms with Crippen LogP contribution in [0.5, 0.6) is 0 Å². The van der Waals surface area contributed by atoms with E-state index in [1.165, 1.54) is 22.0 Å². The van der Waals surface area contributed by atoms with E-state index in [0.717, 1.165) is 30.1 Å². The maximum absolute atomic E-state index is 10.8. The number of hydrogen-bond acceptors (Lipinski definition) is 5. The van der Waals surface area contributed by atoms with Crippen LogP contribution in [0.4, 0.5) is 0 Å². The molecule has 2 heterocycles. The topological polar surface area (TPSA) is 58.5 Å². The van der Waals surface area contributed by atoms with Crippen molar-refractivity contribution in [1.29, 1.82) is 0 Å². The first-order valence-electron chi connectivity index (χ1n) is 9.70. The number of para-hydroxylation sites is 2. The van der Waals surface area contributed by atoms with Crippen molar-refractivity contribution in [3.63, 3.8) is 0 Å². The van der Waals surface area contributed by atoms with Crippen LogP contribution in [0.1, 0.15) is 0 Å². The van der Waals surface area contributed by atoms with Crippen molar-refractivity contribution in [3.05, 3.63) is 100 Å². The van der Waals surface area contributed by atoms with Crippen LogP contribution in [0.25, 0.3) is 11.4 Å². The molecule has 200 valence electrons. The lowest BCUT2D eigenvalue weighted by Gasteiger charge is -1.99. The Labute approximate surface area is 265 Å². The maximum Gasteiger partial charge on any atom is 0.264 e. The van der Waals surface area contributed by atoms with E-state index in [1.54, 1.807) is 55.3 Å². The predicted molar refractivity (Wildman–Crippen MR) is 199 cm³/mol. The van der Waals surface area contributed by atoms with Crippen LogP contribution in [0.15, 0.2) is 90.0 Å². The van der Waals surface area contributed by atoms with Crippen molar-refractivity contribution < 1.29 is 0 Å². The van der Waals surface area contributed by atoms with Gasteiger partial charge in [0, 0.05) is 39.6 Å².